The highest BCUT2D eigenvalue weighted by atomic mass is 19.1. The van der Waals surface area contributed by atoms with Crippen LogP contribution in [0.5, 0.6) is 0 Å². The molecule has 3 aromatic carbocycles. The second-order valence-electron chi connectivity index (χ2n) is 9.25. The lowest BCUT2D eigenvalue weighted by molar-refractivity contribution is 0.522. The number of fused-ring (bicyclic) bond motifs is 4. The van der Waals surface area contributed by atoms with Crippen LogP contribution in [0.3, 0.4) is 0 Å². The molecule has 0 unspecified atom stereocenters. The molecule has 0 spiro atoms. The van der Waals surface area contributed by atoms with E-state index in [-0.39, 0.29) is 11.2 Å². The maximum atomic E-state index is 14.8. The minimum atomic E-state index is -0.288. The Morgan fingerprint density at radius 3 is 2.40 bits per heavy atom. The van der Waals surface area contributed by atoms with Crippen LogP contribution in [-0.2, 0) is 5.41 Å². The molecule has 0 radical (unpaired) electrons. The quantitative estimate of drug-likeness (QED) is 0.288. The van der Waals surface area contributed by atoms with Crippen molar-refractivity contribution in [2.24, 2.45) is 0 Å². The van der Waals surface area contributed by atoms with Crippen molar-refractivity contribution in [3.05, 3.63) is 77.2 Å². The highest BCUT2D eigenvalue weighted by Crippen LogP contribution is 2.40. The number of benzene rings is 3. The van der Waals surface area contributed by atoms with Crippen molar-refractivity contribution in [3.63, 3.8) is 0 Å². The largest absolute Gasteiger partial charge is 0.455 e. The van der Waals surface area contributed by atoms with Gasteiger partial charge in [0.05, 0.1) is 5.69 Å². The molecular formula is C27H24FNO. The molecule has 30 heavy (non-hydrogen) atoms. The summed E-state index contributed by atoms with van der Waals surface area (Å²) in [6.45, 7) is 10.2. The molecular weight excluding hydrogens is 373 g/mol. The first kappa shape index (κ1) is 18.8. The van der Waals surface area contributed by atoms with E-state index in [9.17, 15) is 4.39 Å². The van der Waals surface area contributed by atoms with E-state index in [4.69, 9.17) is 9.40 Å². The molecule has 3 heteroatoms. The molecule has 0 bridgehead atoms. The van der Waals surface area contributed by atoms with Gasteiger partial charge in [-0.15, -0.1) is 0 Å². The second kappa shape index (κ2) is 6.40. The zero-order chi connectivity index (χ0) is 21.2. The van der Waals surface area contributed by atoms with Crippen LogP contribution in [0.15, 0.2) is 59.1 Å². The van der Waals surface area contributed by atoms with Crippen molar-refractivity contribution in [3.8, 4) is 11.3 Å². The maximum Gasteiger partial charge on any atom is 0.144 e. The van der Waals surface area contributed by atoms with Crippen molar-refractivity contribution >= 4 is 32.7 Å². The van der Waals surface area contributed by atoms with E-state index in [1.165, 1.54) is 11.6 Å². The normalized spacial score (nSPS) is 12.3. The van der Waals surface area contributed by atoms with Crippen molar-refractivity contribution in [2.75, 3.05) is 0 Å². The van der Waals surface area contributed by atoms with E-state index < -0.39 is 0 Å². The van der Waals surface area contributed by atoms with Gasteiger partial charge in [-0.3, -0.25) is 4.98 Å². The Hall–Kier alpha value is -3.20. The number of hydrogen-bond acceptors (Lipinski definition) is 2. The monoisotopic (exact) mass is 397 g/mol. The summed E-state index contributed by atoms with van der Waals surface area (Å²) in [6.07, 6.45) is 1.84. The van der Waals surface area contributed by atoms with Gasteiger partial charge in [0, 0.05) is 34.0 Å². The summed E-state index contributed by atoms with van der Waals surface area (Å²) < 4.78 is 21.1. The van der Waals surface area contributed by atoms with E-state index >= 15 is 0 Å². The fourth-order valence-electron chi connectivity index (χ4n) is 4.31. The Morgan fingerprint density at radius 1 is 0.833 bits per heavy atom. The number of nitrogens with zero attached hydrogens (tertiary/aromatic N) is 1. The molecule has 0 aliphatic heterocycles. The minimum absolute atomic E-state index is 0.230. The zero-order valence-corrected chi connectivity index (χ0v) is 17.9. The molecule has 2 heterocycles. The standard InChI is InChI=1S/C27H24FNO/c1-15-6-7-18-17(10-15)8-9-29-25(18)21-12-16(2)11-20-19-13-22(27(3,4)5)23(28)14-24(19)30-26(20)21/h6-14H,1-5H3. The van der Waals surface area contributed by atoms with E-state index in [0.29, 0.717) is 11.1 Å². The van der Waals surface area contributed by atoms with Crippen molar-refractivity contribution in [1.29, 1.82) is 0 Å². The van der Waals surface area contributed by atoms with E-state index in [0.717, 1.165) is 43.9 Å². The summed E-state index contributed by atoms with van der Waals surface area (Å²) in [7, 11) is 0. The number of furan rings is 1. The van der Waals surface area contributed by atoms with Gasteiger partial charge in [-0.2, -0.15) is 0 Å². The predicted molar refractivity (Wildman–Crippen MR) is 123 cm³/mol. The summed E-state index contributed by atoms with van der Waals surface area (Å²) in [6, 6.07) is 16.1. The molecule has 0 amide bonds. The molecule has 0 atom stereocenters. The topological polar surface area (TPSA) is 26.0 Å². The van der Waals surface area contributed by atoms with Crippen LogP contribution in [0.1, 0.15) is 37.5 Å². The molecule has 0 fully saturated rings. The molecule has 0 saturated heterocycles. The summed E-state index contributed by atoms with van der Waals surface area (Å²) in [5.74, 6) is -0.230. The number of aryl methyl sites for hydroxylation is 2. The molecule has 2 aromatic heterocycles. The van der Waals surface area contributed by atoms with Crippen LogP contribution >= 0.6 is 0 Å². The fourth-order valence-corrected chi connectivity index (χ4v) is 4.31. The molecule has 0 N–H and O–H groups in total. The van der Waals surface area contributed by atoms with Gasteiger partial charge in [-0.25, -0.2) is 4.39 Å². The van der Waals surface area contributed by atoms with Crippen molar-refractivity contribution in [1.82, 2.24) is 4.98 Å². The molecule has 0 saturated carbocycles. The maximum absolute atomic E-state index is 14.8. The number of hydrogen-bond donors (Lipinski definition) is 0. The lowest BCUT2D eigenvalue weighted by Gasteiger charge is -2.19. The first-order chi connectivity index (χ1) is 14.2. The Labute approximate surface area is 175 Å². The smallest absolute Gasteiger partial charge is 0.144 e. The number of aromatic nitrogens is 1. The Morgan fingerprint density at radius 2 is 1.63 bits per heavy atom. The SMILES string of the molecule is Cc1ccc2c(-c3cc(C)cc4c3oc3cc(F)c(C(C)(C)C)cc34)nccc2c1. The molecule has 5 aromatic rings. The van der Waals surface area contributed by atoms with Gasteiger partial charge in [0.2, 0.25) is 0 Å². The van der Waals surface area contributed by atoms with Gasteiger partial charge in [0.15, 0.2) is 0 Å². The fraction of sp³-hybridized carbons (Fsp3) is 0.222. The molecule has 5 rings (SSSR count). The number of halogens is 1. The first-order valence-corrected chi connectivity index (χ1v) is 10.2. The lowest BCUT2D eigenvalue weighted by Crippen LogP contribution is -2.13. The Balaban J connectivity index is 1.88. The lowest BCUT2D eigenvalue weighted by atomic mass is 9.85. The van der Waals surface area contributed by atoms with Crippen LogP contribution in [0.4, 0.5) is 4.39 Å². The summed E-state index contributed by atoms with van der Waals surface area (Å²) >= 11 is 0. The van der Waals surface area contributed by atoms with Gasteiger partial charge in [-0.05, 0) is 60.0 Å². The van der Waals surface area contributed by atoms with E-state index in [1.54, 1.807) is 0 Å². The van der Waals surface area contributed by atoms with Gasteiger partial charge in [0.25, 0.3) is 0 Å². The first-order valence-electron chi connectivity index (χ1n) is 10.2. The third kappa shape index (κ3) is 2.88. The third-order valence-electron chi connectivity index (χ3n) is 5.79. The van der Waals surface area contributed by atoms with Crippen LogP contribution in [0.25, 0.3) is 44.0 Å². The summed E-state index contributed by atoms with van der Waals surface area (Å²) in [5, 5.41) is 4.16. The molecule has 0 aliphatic carbocycles. The number of pyridine rings is 1. The second-order valence-corrected chi connectivity index (χ2v) is 9.25. The van der Waals surface area contributed by atoms with Crippen LogP contribution < -0.4 is 0 Å². The van der Waals surface area contributed by atoms with Gasteiger partial charge in [0.1, 0.15) is 17.0 Å². The molecule has 0 aliphatic rings. The van der Waals surface area contributed by atoms with Gasteiger partial charge < -0.3 is 4.42 Å². The van der Waals surface area contributed by atoms with Gasteiger partial charge >= 0.3 is 0 Å². The average molecular weight is 397 g/mol. The van der Waals surface area contributed by atoms with Crippen LogP contribution in [0.2, 0.25) is 0 Å². The van der Waals surface area contributed by atoms with Gasteiger partial charge in [-0.1, -0.05) is 44.5 Å². The molecule has 2 nitrogen and oxygen atoms in total. The molecule has 150 valence electrons. The highest BCUT2D eigenvalue weighted by molar-refractivity contribution is 6.12. The predicted octanol–water partition coefficient (Wildman–Crippen LogP) is 7.85. The Bertz CT molecular complexity index is 1450. The summed E-state index contributed by atoms with van der Waals surface area (Å²) in [4.78, 5) is 4.71. The average Bonchev–Trinajstić information content (AvgIpc) is 3.02. The zero-order valence-electron chi connectivity index (χ0n) is 17.9. The van der Waals surface area contributed by atoms with E-state index in [1.807, 2.05) is 39.1 Å². The third-order valence-corrected chi connectivity index (χ3v) is 5.79. The van der Waals surface area contributed by atoms with Crippen molar-refractivity contribution in [2.45, 2.75) is 40.0 Å². The number of rotatable bonds is 1. The van der Waals surface area contributed by atoms with Crippen LogP contribution in [-0.4, -0.2) is 4.98 Å². The highest BCUT2D eigenvalue weighted by Gasteiger charge is 2.22. The Kier molecular flexibility index (Phi) is 4.01. The minimum Gasteiger partial charge on any atom is -0.455 e. The summed E-state index contributed by atoms with van der Waals surface area (Å²) in [5.41, 5.74) is 5.88. The van der Waals surface area contributed by atoms with Crippen molar-refractivity contribution < 1.29 is 8.81 Å². The van der Waals surface area contributed by atoms with E-state index in [2.05, 4.69) is 44.2 Å². The van der Waals surface area contributed by atoms with Crippen LogP contribution in [0, 0.1) is 19.7 Å².